The standard InChI is InChI=1S/C42H87O8P/c1-3-5-7-9-11-13-15-17-19-21-23-25-27-29-31-33-35-47-39-42(40-50-51(45,46)49-38-41(44)37-43)48-36-34-32-30-28-26-24-22-20-18-16-14-12-10-8-6-4-2/h41-44H,3-40H2,1-2H3,(H,45,46). The van der Waals surface area contributed by atoms with Crippen molar-refractivity contribution in [2.45, 2.75) is 232 Å². The fraction of sp³-hybridized carbons (Fsp3) is 1.00. The van der Waals surface area contributed by atoms with Gasteiger partial charge in [0.1, 0.15) is 12.2 Å². The Morgan fingerprint density at radius 3 is 1.12 bits per heavy atom. The van der Waals surface area contributed by atoms with Crippen LogP contribution in [0.3, 0.4) is 0 Å². The van der Waals surface area contributed by atoms with Crippen LogP contribution in [0.1, 0.15) is 219 Å². The molecule has 3 atom stereocenters. The summed E-state index contributed by atoms with van der Waals surface area (Å²) >= 11 is 0. The van der Waals surface area contributed by atoms with E-state index in [1.807, 2.05) is 0 Å². The fourth-order valence-corrected chi connectivity index (χ4v) is 7.25. The molecule has 51 heavy (non-hydrogen) atoms. The van der Waals surface area contributed by atoms with E-state index in [1.54, 1.807) is 0 Å². The van der Waals surface area contributed by atoms with Gasteiger partial charge in [-0.1, -0.05) is 206 Å². The Labute approximate surface area is 316 Å². The van der Waals surface area contributed by atoms with Gasteiger partial charge >= 0.3 is 7.82 Å². The zero-order valence-electron chi connectivity index (χ0n) is 33.9. The Balaban J connectivity index is 3.98. The molecule has 0 aromatic carbocycles. The number of aliphatic hydroxyl groups is 2. The summed E-state index contributed by atoms with van der Waals surface area (Å²) in [6.07, 6.45) is 40.6. The van der Waals surface area contributed by atoms with E-state index >= 15 is 0 Å². The number of phosphoric acid groups is 1. The molecule has 308 valence electrons. The maximum absolute atomic E-state index is 12.2. The first kappa shape index (κ1) is 51.0. The third-order valence-corrected chi connectivity index (χ3v) is 10.8. The Kier molecular flexibility index (Phi) is 41.1. The highest BCUT2D eigenvalue weighted by molar-refractivity contribution is 7.47. The molecule has 0 amide bonds. The maximum Gasteiger partial charge on any atom is 0.472 e. The highest BCUT2D eigenvalue weighted by Crippen LogP contribution is 2.43. The van der Waals surface area contributed by atoms with Gasteiger partial charge in [0.2, 0.25) is 0 Å². The first-order chi connectivity index (χ1) is 24.9. The average molecular weight is 751 g/mol. The number of hydrogen-bond acceptors (Lipinski definition) is 7. The van der Waals surface area contributed by atoms with Crippen molar-refractivity contribution < 1.29 is 38.2 Å². The highest BCUT2D eigenvalue weighted by atomic mass is 31.2. The molecule has 0 saturated carbocycles. The zero-order chi connectivity index (χ0) is 37.4. The van der Waals surface area contributed by atoms with Gasteiger partial charge in [-0.3, -0.25) is 9.05 Å². The third-order valence-electron chi connectivity index (χ3n) is 9.86. The van der Waals surface area contributed by atoms with E-state index in [0.717, 1.165) is 25.7 Å². The third kappa shape index (κ3) is 41.0. The van der Waals surface area contributed by atoms with Gasteiger partial charge in [-0.25, -0.2) is 4.57 Å². The zero-order valence-corrected chi connectivity index (χ0v) is 34.7. The van der Waals surface area contributed by atoms with E-state index in [1.165, 1.54) is 180 Å². The minimum absolute atomic E-state index is 0.138. The molecule has 0 bridgehead atoms. The molecule has 0 heterocycles. The maximum atomic E-state index is 12.2. The van der Waals surface area contributed by atoms with Gasteiger partial charge in [0, 0.05) is 13.2 Å². The van der Waals surface area contributed by atoms with Crippen molar-refractivity contribution in [3.8, 4) is 0 Å². The van der Waals surface area contributed by atoms with Crippen molar-refractivity contribution in [2.75, 3.05) is 39.6 Å². The van der Waals surface area contributed by atoms with Crippen molar-refractivity contribution in [3.63, 3.8) is 0 Å². The second kappa shape index (κ2) is 41.1. The van der Waals surface area contributed by atoms with Crippen LogP contribution in [0.25, 0.3) is 0 Å². The summed E-state index contributed by atoms with van der Waals surface area (Å²) in [5, 5.41) is 18.4. The fourth-order valence-electron chi connectivity index (χ4n) is 6.46. The van der Waals surface area contributed by atoms with Crippen molar-refractivity contribution >= 4 is 7.82 Å². The van der Waals surface area contributed by atoms with Gasteiger partial charge in [-0.2, -0.15) is 0 Å². The first-order valence-corrected chi connectivity index (χ1v) is 23.5. The quantitative estimate of drug-likeness (QED) is 0.0416. The lowest BCUT2D eigenvalue weighted by Crippen LogP contribution is -2.27. The summed E-state index contributed by atoms with van der Waals surface area (Å²) in [7, 11) is -4.38. The van der Waals surface area contributed by atoms with E-state index in [2.05, 4.69) is 13.8 Å². The molecule has 0 saturated heterocycles. The van der Waals surface area contributed by atoms with Crippen LogP contribution >= 0.6 is 7.82 Å². The molecule has 0 fully saturated rings. The monoisotopic (exact) mass is 751 g/mol. The van der Waals surface area contributed by atoms with E-state index in [4.69, 9.17) is 23.6 Å². The molecule has 0 rings (SSSR count). The lowest BCUT2D eigenvalue weighted by atomic mass is 10.0. The second-order valence-corrected chi connectivity index (χ2v) is 16.5. The van der Waals surface area contributed by atoms with E-state index < -0.39 is 33.2 Å². The van der Waals surface area contributed by atoms with Crippen LogP contribution in [0, 0.1) is 0 Å². The van der Waals surface area contributed by atoms with E-state index in [9.17, 15) is 14.6 Å². The summed E-state index contributed by atoms with van der Waals surface area (Å²) in [4.78, 5) is 9.98. The van der Waals surface area contributed by atoms with Crippen LogP contribution in [0.15, 0.2) is 0 Å². The topological polar surface area (TPSA) is 115 Å². The number of ether oxygens (including phenoxy) is 2. The molecule has 0 aliphatic carbocycles. The van der Waals surface area contributed by atoms with Crippen LogP contribution < -0.4 is 0 Å². The van der Waals surface area contributed by atoms with Crippen molar-refractivity contribution in [1.82, 2.24) is 0 Å². The van der Waals surface area contributed by atoms with Crippen molar-refractivity contribution in [2.24, 2.45) is 0 Å². The predicted molar refractivity (Wildman–Crippen MR) is 214 cm³/mol. The molecule has 0 spiro atoms. The largest absolute Gasteiger partial charge is 0.472 e. The lowest BCUT2D eigenvalue weighted by molar-refractivity contribution is -0.0462. The Hall–Kier alpha value is -0.0500. The molecule has 0 aromatic rings. The van der Waals surface area contributed by atoms with Gasteiger partial charge in [-0.05, 0) is 12.8 Å². The van der Waals surface area contributed by atoms with Gasteiger partial charge in [-0.15, -0.1) is 0 Å². The number of phosphoric ester groups is 1. The van der Waals surface area contributed by atoms with Gasteiger partial charge in [0.05, 0.1) is 26.4 Å². The second-order valence-electron chi connectivity index (χ2n) is 15.1. The van der Waals surface area contributed by atoms with E-state index in [-0.39, 0.29) is 13.2 Å². The molecule has 0 aliphatic heterocycles. The average Bonchev–Trinajstić information content (AvgIpc) is 3.13. The van der Waals surface area contributed by atoms with Gasteiger partial charge in [0.15, 0.2) is 0 Å². The number of unbranched alkanes of at least 4 members (excludes halogenated alkanes) is 30. The summed E-state index contributed by atoms with van der Waals surface area (Å²) in [5.74, 6) is 0. The Morgan fingerprint density at radius 1 is 0.451 bits per heavy atom. The molecular weight excluding hydrogens is 663 g/mol. The van der Waals surface area contributed by atoms with Crippen LogP contribution in [0.5, 0.6) is 0 Å². The number of aliphatic hydroxyl groups excluding tert-OH is 2. The highest BCUT2D eigenvalue weighted by Gasteiger charge is 2.25. The summed E-state index contributed by atoms with van der Waals surface area (Å²) in [5.41, 5.74) is 0. The molecule has 8 nitrogen and oxygen atoms in total. The minimum atomic E-state index is -4.38. The molecule has 0 radical (unpaired) electrons. The van der Waals surface area contributed by atoms with Gasteiger partial charge in [0.25, 0.3) is 0 Å². The summed E-state index contributed by atoms with van der Waals surface area (Å²) in [6.45, 7) is 4.85. The van der Waals surface area contributed by atoms with E-state index in [0.29, 0.717) is 13.2 Å². The predicted octanol–water partition coefficient (Wildman–Crippen LogP) is 12.4. The summed E-state index contributed by atoms with van der Waals surface area (Å²) < 4.78 is 34.1. The molecular formula is C42H87O8P. The smallest absolute Gasteiger partial charge is 0.394 e. The SMILES string of the molecule is CCCCCCCCCCCCCCCCCCOCC(COP(=O)(O)OCC(O)CO)OCCCCCCCCCCCCCCCCCC. The number of rotatable bonds is 44. The van der Waals surface area contributed by atoms with Crippen LogP contribution in [-0.4, -0.2) is 67.0 Å². The Morgan fingerprint density at radius 2 is 0.765 bits per heavy atom. The molecule has 3 unspecified atom stereocenters. The minimum Gasteiger partial charge on any atom is -0.394 e. The van der Waals surface area contributed by atoms with Crippen LogP contribution in [-0.2, 0) is 23.1 Å². The molecule has 3 N–H and O–H groups in total. The first-order valence-electron chi connectivity index (χ1n) is 22.0. The van der Waals surface area contributed by atoms with Crippen LogP contribution in [0.2, 0.25) is 0 Å². The van der Waals surface area contributed by atoms with Gasteiger partial charge < -0.3 is 24.6 Å². The Bertz CT molecular complexity index is 712. The number of hydrogen-bond donors (Lipinski definition) is 3. The molecule has 0 aliphatic rings. The van der Waals surface area contributed by atoms with Crippen molar-refractivity contribution in [1.29, 1.82) is 0 Å². The van der Waals surface area contributed by atoms with Crippen molar-refractivity contribution in [3.05, 3.63) is 0 Å². The molecule has 9 heteroatoms. The summed E-state index contributed by atoms with van der Waals surface area (Å²) in [6, 6.07) is 0. The lowest BCUT2D eigenvalue weighted by Gasteiger charge is -2.20. The molecule has 0 aromatic heterocycles. The normalized spacial score (nSPS) is 14.2. The van der Waals surface area contributed by atoms with Crippen LogP contribution in [0.4, 0.5) is 0 Å².